The summed E-state index contributed by atoms with van der Waals surface area (Å²) in [7, 11) is 1.48. The number of anilines is 2. The Kier molecular flexibility index (Phi) is 4.70. The van der Waals surface area contributed by atoms with E-state index in [0.29, 0.717) is 6.54 Å². The van der Waals surface area contributed by atoms with Gasteiger partial charge in [-0.15, -0.1) is 22.7 Å². The molecule has 5 rings (SSSR count). The fourth-order valence-electron chi connectivity index (χ4n) is 3.46. The Morgan fingerprint density at radius 2 is 1.38 bits per heavy atom. The van der Waals surface area contributed by atoms with Crippen LogP contribution in [0.2, 0.25) is 0 Å². The van der Waals surface area contributed by atoms with Gasteiger partial charge in [0.05, 0.1) is 17.1 Å². The van der Waals surface area contributed by atoms with Crippen LogP contribution in [0, 0.1) is 5.82 Å². The van der Waals surface area contributed by atoms with E-state index in [2.05, 4.69) is 65.6 Å². The molecule has 2 aromatic heterocycles. The molecule has 0 unspecified atom stereocenters. The molecule has 0 saturated carbocycles. The van der Waals surface area contributed by atoms with Crippen LogP contribution in [0.15, 0.2) is 78.9 Å². The summed E-state index contributed by atoms with van der Waals surface area (Å²) in [5.74, 6) is -0.0679. The predicted molar refractivity (Wildman–Crippen MR) is 122 cm³/mol. The topological polar surface area (TPSA) is 12.5 Å². The average Bonchev–Trinajstić information content (AvgIpc) is 3.36. The number of hydrogen-bond donors (Lipinski definition) is 0. The molecule has 0 spiro atoms. The zero-order valence-electron chi connectivity index (χ0n) is 15.8. The minimum absolute atomic E-state index is 0.268. The van der Waals surface area contributed by atoms with Crippen LogP contribution in [0.4, 0.5) is 14.4 Å². The van der Waals surface area contributed by atoms with E-state index in [1.165, 1.54) is 27.3 Å². The van der Waals surface area contributed by atoms with E-state index >= 15 is 0 Å². The first kappa shape index (κ1) is 18.2. The first-order valence-electron chi connectivity index (χ1n) is 9.28. The fourth-order valence-corrected chi connectivity index (χ4v) is 5.67. The van der Waals surface area contributed by atoms with Crippen molar-refractivity contribution < 1.29 is 9.13 Å². The van der Waals surface area contributed by atoms with Crippen LogP contribution in [0.1, 0.15) is 5.56 Å². The van der Waals surface area contributed by atoms with Crippen molar-refractivity contribution in [3.8, 4) is 5.75 Å². The summed E-state index contributed by atoms with van der Waals surface area (Å²) >= 11 is 3.51. The molecule has 0 aliphatic heterocycles. The van der Waals surface area contributed by atoms with Crippen molar-refractivity contribution in [3.63, 3.8) is 0 Å². The number of thiophene rings is 2. The van der Waals surface area contributed by atoms with Crippen molar-refractivity contribution in [2.75, 3.05) is 12.0 Å². The second kappa shape index (κ2) is 7.50. The third-order valence-corrected chi connectivity index (χ3v) is 7.19. The zero-order chi connectivity index (χ0) is 19.8. The molecule has 5 aromatic rings. The number of hydrogen-bond acceptors (Lipinski definition) is 4. The van der Waals surface area contributed by atoms with Gasteiger partial charge in [-0.3, -0.25) is 0 Å². The molecule has 5 heteroatoms. The molecule has 0 aliphatic carbocycles. The smallest absolute Gasteiger partial charge is 0.165 e. The minimum Gasteiger partial charge on any atom is -0.494 e. The molecule has 0 aliphatic rings. The lowest BCUT2D eigenvalue weighted by molar-refractivity contribution is 0.386. The standard InChI is InChI=1S/C24H18FNOS2/c1-27-20-11-10-16(12-19(20)25)15-26(23-13-17-6-2-4-8-21(17)28-23)24-14-18-7-3-5-9-22(18)29-24/h2-14H,15H2,1H3. The Morgan fingerprint density at radius 3 is 1.90 bits per heavy atom. The maximum absolute atomic E-state index is 14.3. The van der Waals surface area contributed by atoms with E-state index in [-0.39, 0.29) is 11.6 Å². The van der Waals surface area contributed by atoms with Gasteiger partial charge in [0.25, 0.3) is 0 Å². The summed E-state index contributed by atoms with van der Waals surface area (Å²) in [5, 5.41) is 4.74. The van der Waals surface area contributed by atoms with E-state index < -0.39 is 0 Å². The Bertz CT molecular complexity index is 1170. The van der Waals surface area contributed by atoms with E-state index in [0.717, 1.165) is 15.6 Å². The summed E-state index contributed by atoms with van der Waals surface area (Å²) in [6.45, 7) is 0.584. The maximum Gasteiger partial charge on any atom is 0.165 e. The number of benzene rings is 3. The molecule has 0 fully saturated rings. The highest BCUT2D eigenvalue weighted by Gasteiger charge is 2.17. The molecule has 0 amide bonds. The van der Waals surface area contributed by atoms with Crippen LogP contribution >= 0.6 is 22.7 Å². The van der Waals surface area contributed by atoms with Crippen molar-refractivity contribution in [2.45, 2.75) is 6.54 Å². The molecule has 0 N–H and O–H groups in total. The molecule has 0 radical (unpaired) electrons. The van der Waals surface area contributed by atoms with Crippen LogP contribution in [-0.2, 0) is 6.54 Å². The third kappa shape index (κ3) is 3.48. The highest BCUT2D eigenvalue weighted by atomic mass is 32.1. The van der Waals surface area contributed by atoms with Gasteiger partial charge in [0.15, 0.2) is 11.6 Å². The lowest BCUT2D eigenvalue weighted by atomic mass is 10.2. The molecule has 0 atom stereocenters. The van der Waals surface area contributed by atoms with Crippen molar-refractivity contribution in [1.29, 1.82) is 0 Å². The summed E-state index contributed by atoms with van der Waals surface area (Å²) in [6.07, 6.45) is 0. The molecule has 3 aromatic carbocycles. The number of rotatable bonds is 5. The molecule has 29 heavy (non-hydrogen) atoms. The van der Waals surface area contributed by atoms with Crippen molar-refractivity contribution >= 4 is 52.8 Å². The van der Waals surface area contributed by atoms with Crippen molar-refractivity contribution in [1.82, 2.24) is 0 Å². The Labute approximate surface area is 176 Å². The quantitative estimate of drug-likeness (QED) is 0.291. The van der Waals surface area contributed by atoms with Crippen LogP contribution < -0.4 is 9.64 Å². The highest BCUT2D eigenvalue weighted by molar-refractivity contribution is 7.25. The molecule has 2 heterocycles. The summed E-state index contributed by atoms with van der Waals surface area (Å²) in [4.78, 5) is 2.27. The Hall–Kier alpha value is -2.89. The van der Waals surface area contributed by atoms with Crippen molar-refractivity contribution in [2.24, 2.45) is 0 Å². The maximum atomic E-state index is 14.3. The largest absolute Gasteiger partial charge is 0.494 e. The van der Waals surface area contributed by atoms with Gasteiger partial charge >= 0.3 is 0 Å². The van der Waals surface area contributed by atoms with Crippen LogP contribution in [-0.4, -0.2) is 7.11 Å². The van der Waals surface area contributed by atoms with E-state index in [9.17, 15) is 4.39 Å². The monoisotopic (exact) mass is 419 g/mol. The van der Waals surface area contributed by atoms with Gasteiger partial charge in [-0.05, 0) is 52.7 Å². The fraction of sp³-hybridized carbons (Fsp3) is 0.0833. The number of fused-ring (bicyclic) bond motifs is 2. The second-order valence-electron chi connectivity index (χ2n) is 6.80. The first-order valence-corrected chi connectivity index (χ1v) is 10.9. The van der Waals surface area contributed by atoms with Crippen LogP contribution in [0.5, 0.6) is 5.75 Å². The summed E-state index contributed by atoms with van der Waals surface area (Å²) < 4.78 is 21.9. The third-order valence-electron chi connectivity index (χ3n) is 4.91. The predicted octanol–water partition coefficient (Wildman–Crippen LogP) is 7.60. The lowest BCUT2D eigenvalue weighted by Gasteiger charge is -2.21. The van der Waals surface area contributed by atoms with Gasteiger partial charge in [-0.1, -0.05) is 42.5 Å². The minimum atomic E-state index is -0.336. The van der Waals surface area contributed by atoms with E-state index in [1.807, 2.05) is 6.07 Å². The zero-order valence-corrected chi connectivity index (χ0v) is 17.4. The number of halogens is 1. The Balaban J connectivity index is 1.61. The highest BCUT2D eigenvalue weighted by Crippen LogP contribution is 2.42. The van der Waals surface area contributed by atoms with Gasteiger partial charge in [0, 0.05) is 15.9 Å². The van der Waals surface area contributed by atoms with E-state index in [4.69, 9.17) is 4.74 Å². The second-order valence-corrected chi connectivity index (χ2v) is 8.92. The van der Waals surface area contributed by atoms with Crippen LogP contribution in [0.25, 0.3) is 20.2 Å². The van der Waals surface area contributed by atoms with Crippen molar-refractivity contribution in [3.05, 3.63) is 90.2 Å². The normalized spacial score (nSPS) is 11.2. The van der Waals surface area contributed by atoms with Gasteiger partial charge in [-0.2, -0.15) is 0 Å². The Morgan fingerprint density at radius 1 is 0.793 bits per heavy atom. The molecule has 144 valence electrons. The number of nitrogens with zero attached hydrogens (tertiary/aromatic N) is 1. The van der Waals surface area contributed by atoms with Gasteiger partial charge in [-0.25, -0.2) is 4.39 Å². The van der Waals surface area contributed by atoms with E-state index in [1.54, 1.807) is 34.8 Å². The molecular formula is C24H18FNOS2. The van der Waals surface area contributed by atoms with Crippen LogP contribution in [0.3, 0.4) is 0 Å². The average molecular weight is 420 g/mol. The first-order chi connectivity index (χ1) is 14.2. The number of ether oxygens (including phenoxy) is 1. The van der Waals surface area contributed by atoms with Gasteiger partial charge in [0.1, 0.15) is 0 Å². The molecular weight excluding hydrogens is 401 g/mol. The molecule has 2 nitrogen and oxygen atoms in total. The summed E-state index contributed by atoms with van der Waals surface area (Å²) in [6, 6.07) is 26.4. The van der Waals surface area contributed by atoms with Gasteiger partial charge < -0.3 is 9.64 Å². The summed E-state index contributed by atoms with van der Waals surface area (Å²) in [5.41, 5.74) is 0.901. The SMILES string of the molecule is COc1ccc(CN(c2cc3ccccc3s2)c2cc3ccccc3s2)cc1F. The lowest BCUT2D eigenvalue weighted by Crippen LogP contribution is -2.14. The molecule has 0 bridgehead atoms. The number of methoxy groups -OCH3 is 1. The molecule has 0 saturated heterocycles. The van der Waals surface area contributed by atoms with Gasteiger partial charge in [0.2, 0.25) is 0 Å².